The van der Waals surface area contributed by atoms with E-state index in [9.17, 15) is 22.8 Å². The van der Waals surface area contributed by atoms with Crippen LogP contribution in [0.1, 0.15) is 37.5 Å². The van der Waals surface area contributed by atoms with Gasteiger partial charge in [-0.15, -0.1) is 0 Å². The standard InChI is InChI=1S/C15H12F3NO2.C7H6ClNO2/c1-21-14(20)11-5-6-19-13(9-11)8-10-3-2-4-12(7-10)15(16,17)18;1-11-7(10)5-2-3-9-6(8)4-5/h2-7,9H,8H2,1H3;2-4H,1H3. The summed E-state index contributed by atoms with van der Waals surface area (Å²) in [4.78, 5) is 30.0. The van der Waals surface area contributed by atoms with Crippen LogP contribution in [0, 0.1) is 0 Å². The predicted octanol–water partition coefficient (Wildman–Crippen LogP) is 5.00. The second-order valence-electron chi connectivity index (χ2n) is 6.26. The van der Waals surface area contributed by atoms with Crippen LogP contribution < -0.4 is 0 Å². The molecule has 0 saturated heterocycles. The van der Waals surface area contributed by atoms with Crippen LogP contribution in [-0.4, -0.2) is 36.1 Å². The Morgan fingerprint density at radius 1 is 0.906 bits per heavy atom. The van der Waals surface area contributed by atoms with E-state index in [1.807, 2.05) is 0 Å². The van der Waals surface area contributed by atoms with Crippen LogP contribution in [0.15, 0.2) is 60.9 Å². The maximum atomic E-state index is 12.6. The number of hydrogen-bond donors (Lipinski definition) is 0. The lowest BCUT2D eigenvalue weighted by atomic mass is 10.0. The second kappa shape index (κ2) is 11.2. The molecule has 0 amide bonds. The predicted molar refractivity (Wildman–Crippen MR) is 110 cm³/mol. The van der Waals surface area contributed by atoms with Crippen molar-refractivity contribution in [2.45, 2.75) is 12.6 Å². The van der Waals surface area contributed by atoms with Crippen LogP contribution in [0.3, 0.4) is 0 Å². The molecule has 0 N–H and O–H groups in total. The Balaban J connectivity index is 0.000000278. The molecule has 0 atom stereocenters. The fourth-order valence-corrected chi connectivity index (χ4v) is 2.71. The van der Waals surface area contributed by atoms with Crippen LogP contribution in [0.5, 0.6) is 0 Å². The zero-order valence-electron chi connectivity index (χ0n) is 17.0. The quantitative estimate of drug-likeness (QED) is 0.398. The van der Waals surface area contributed by atoms with Crippen molar-refractivity contribution in [2.75, 3.05) is 14.2 Å². The Hall–Kier alpha value is -3.46. The normalized spacial score (nSPS) is 10.6. The number of ether oxygens (including phenoxy) is 2. The summed E-state index contributed by atoms with van der Waals surface area (Å²) in [5.74, 6) is -0.919. The van der Waals surface area contributed by atoms with Crippen LogP contribution in [-0.2, 0) is 22.1 Å². The number of alkyl halides is 3. The largest absolute Gasteiger partial charge is 0.465 e. The van der Waals surface area contributed by atoms with Crippen LogP contribution in [0.25, 0.3) is 0 Å². The van der Waals surface area contributed by atoms with E-state index in [0.29, 0.717) is 22.4 Å². The number of pyridine rings is 2. The molecular weight excluding hydrogens is 449 g/mol. The molecular formula is C22H18ClF3N2O4. The molecule has 0 aliphatic rings. The van der Waals surface area contributed by atoms with Gasteiger partial charge in [-0.2, -0.15) is 13.2 Å². The molecule has 10 heteroatoms. The number of nitrogens with zero attached hydrogens (tertiary/aromatic N) is 2. The van der Waals surface area contributed by atoms with Crippen molar-refractivity contribution in [1.29, 1.82) is 0 Å². The van der Waals surface area contributed by atoms with Gasteiger partial charge in [-0.05, 0) is 35.9 Å². The maximum Gasteiger partial charge on any atom is 0.416 e. The first-order valence-electron chi connectivity index (χ1n) is 9.03. The van der Waals surface area contributed by atoms with Crippen LogP contribution in [0.2, 0.25) is 5.15 Å². The molecule has 3 aromatic rings. The number of hydrogen-bond acceptors (Lipinski definition) is 6. The van der Waals surface area contributed by atoms with Gasteiger partial charge in [0.25, 0.3) is 0 Å². The number of carbonyl (C=O) groups is 2. The van der Waals surface area contributed by atoms with Crippen molar-refractivity contribution in [3.05, 3.63) is 94.0 Å². The summed E-state index contributed by atoms with van der Waals surface area (Å²) in [5, 5.41) is 0.285. The zero-order valence-corrected chi connectivity index (χ0v) is 17.8. The Labute approximate surface area is 187 Å². The van der Waals surface area contributed by atoms with E-state index < -0.39 is 23.7 Å². The van der Waals surface area contributed by atoms with E-state index in [-0.39, 0.29) is 11.6 Å². The first kappa shape index (κ1) is 24.8. The monoisotopic (exact) mass is 466 g/mol. The van der Waals surface area contributed by atoms with Gasteiger partial charge in [-0.3, -0.25) is 4.98 Å². The molecule has 0 fully saturated rings. The van der Waals surface area contributed by atoms with Crippen molar-refractivity contribution in [3.8, 4) is 0 Å². The summed E-state index contributed by atoms with van der Waals surface area (Å²) in [6, 6.07) is 11.0. The molecule has 168 valence electrons. The molecule has 0 spiro atoms. The van der Waals surface area contributed by atoms with Gasteiger partial charge in [-0.1, -0.05) is 29.8 Å². The topological polar surface area (TPSA) is 78.4 Å². The van der Waals surface area contributed by atoms with Crippen molar-refractivity contribution >= 4 is 23.5 Å². The average molecular weight is 467 g/mol. The lowest BCUT2D eigenvalue weighted by Gasteiger charge is -2.09. The smallest absolute Gasteiger partial charge is 0.416 e. The van der Waals surface area contributed by atoms with Gasteiger partial charge in [0.15, 0.2) is 0 Å². The lowest BCUT2D eigenvalue weighted by molar-refractivity contribution is -0.137. The first-order chi connectivity index (χ1) is 15.1. The van der Waals surface area contributed by atoms with E-state index in [1.165, 1.54) is 56.9 Å². The Kier molecular flexibility index (Phi) is 8.71. The molecule has 0 unspecified atom stereocenters. The van der Waals surface area contributed by atoms with Crippen molar-refractivity contribution in [1.82, 2.24) is 9.97 Å². The summed E-state index contributed by atoms with van der Waals surface area (Å²) in [7, 11) is 2.58. The van der Waals surface area contributed by atoms with Gasteiger partial charge in [0.2, 0.25) is 0 Å². The van der Waals surface area contributed by atoms with E-state index in [2.05, 4.69) is 19.4 Å². The van der Waals surface area contributed by atoms with Gasteiger partial charge in [0.1, 0.15) is 5.15 Å². The molecule has 1 aromatic carbocycles. The minimum Gasteiger partial charge on any atom is -0.465 e. The number of benzene rings is 1. The van der Waals surface area contributed by atoms with Crippen molar-refractivity contribution < 1.29 is 32.2 Å². The summed E-state index contributed by atoms with van der Waals surface area (Å²) in [6.45, 7) is 0. The van der Waals surface area contributed by atoms with E-state index >= 15 is 0 Å². The zero-order chi connectivity index (χ0) is 23.7. The Morgan fingerprint density at radius 2 is 1.50 bits per heavy atom. The van der Waals surface area contributed by atoms with Gasteiger partial charge in [0.05, 0.1) is 30.9 Å². The number of rotatable bonds is 4. The maximum absolute atomic E-state index is 12.6. The third-order valence-corrected chi connectivity index (χ3v) is 4.23. The second-order valence-corrected chi connectivity index (χ2v) is 6.65. The molecule has 32 heavy (non-hydrogen) atoms. The highest BCUT2D eigenvalue weighted by molar-refractivity contribution is 6.29. The molecule has 0 aliphatic carbocycles. The molecule has 2 aromatic heterocycles. The number of halogens is 4. The van der Waals surface area contributed by atoms with Crippen LogP contribution in [0.4, 0.5) is 13.2 Å². The number of methoxy groups -OCH3 is 2. The first-order valence-corrected chi connectivity index (χ1v) is 9.41. The highest BCUT2D eigenvalue weighted by Crippen LogP contribution is 2.29. The summed E-state index contributed by atoms with van der Waals surface area (Å²) < 4.78 is 47.0. The Bertz CT molecular complexity index is 1090. The molecule has 0 saturated carbocycles. The van der Waals surface area contributed by atoms with Gasteiger partial charge >= 0.3 is 18.1 Å². The highest BCUT2D eigenvalue weighted by Gasteiger charge is 2.30. The molecule has 0 radical (unpaired) electrons. The molecule has 3 rings (SSSR count). The minimum atomic E-state index is -4.38. The van der Waals surface area contributed by atoms with Crippen molar-refractivity contribution in [3.63, 3.8) is 0 Å². The summed E-state index contributed by atoms with van der Waals surface area (Å²) >= 11 is 5.53. The third-order valence-electron chi connectivity index (χ3n) is 4.02. The number of aromatic nitrogens is 2. The van der Waals surface area contributed by atoms with Crippen molar-refractivity contribution in [2.24, 2.45) is 0 Å². The minimum absolute atomic E-state index is 0.203. The van der Waals surface area contributed by atoms with Gasteiger partial charge < -0.3 is 9.47 Å². The molecule has 0 aliphatic heterocycles. The fourth-order valence-electron chi connectivity index (χ4n) is 2.53. The summed E-state index contributed by atoms with van der Waals surface area (Å²) in [5.41, 5.74) is 0.989. The number of esters is 2. The van der Waals surface area contributed by atoms with E-state index in [1.54, 1.807) is 6.07 Å². The fraction of sp³-hybridized carbons (Fsp3) is 0.182. The van der Waals surface area contributed by atoms with Crippen LogP contribution >= 0.6 is 11.6 Å². The average Bonchev–Trinajstić information content (AvgIpc) is 2.78. The van der Waals surface area contributed by atoms with Gasteiger partial charge in [0, 0.05) is 24.5 Å². The third kappa shape index (κ3) is 7.35. The van der Waals surface area contributed by atoms with Gasteiger partial charge in [-0.25, -0.2) is 14.6 Å². The molecule has 2 heterocycles. The Morgan fingerprint density at radius 3 is 2.06 bits per heavy atom. The molecule has 6 nitrogen and oxygen atoms in total. The molecule has 0 bridgehead atoms. The number of carbonyl (C=O) groups excluding carboxylic acids is 2. The summed E-state index contributed by atoms with van der Waals surface area (Å²) in [6.07, 6.45) is -1.30. The SMILES string of the molecule is COC(=O)c1ccnc(Cc2cccc(C(F)(F)F)c2)c1.COC(=O)c1ccnc(Cl)c1. The van der Waals surface area contributed by atoms with E-state index in [4.69, 9.17) is 11.6 Å². The van der Waals surface area contributed by atoms with E-state index in [0.717, 1.165) is 12.1 Å². The lowest BCUT2D eigenvalue weighted by Crippen LogP contribution is -2.06. The highest BCUT2D eigenvalue weighted by atomic mass is 35.5.